The number of carbonyl (C=O) groups is 1. The Morgan fingerprint density at radius 1 is 1.91 bits per heavy atom. The molecule has 0 spiro atoms. The highest BCUT2D eigenvalue weighted by molar-refractivity contribution is 8.14. The van der Waals surface area contributed by atoms with E-state index in [9.17, 15) is 4.79 Å². The van der Waals surface area contributed by atoms with Gasteiger partial charge in [0.05, 0.1) is 11.1 Å². The van der Waals surface area contributed by atoms with Crippen LogP contribution in [0.2, 0.25) is 0 Å². The molecule has 1 unspecified atom stereocenters. The second kappa shape index (κ2) is 3.76. The second-order valence-electron chi connectivity index (χ2n) is 2.49. The molecule has 62 valence electrons. The summed E-state index contributed by atoms with van der Waals surface area (Å²) in [4.78, 5) is 15.2. The Balaban J connectivity index is 2.34. The molecule has 0 aliphatic carbocycles. The lowest BCUT2D eigenvalue weighted by atomic mass is 10.2. The Morgan fingerprint density at radius 2 is 2.64 bits per heavy atom. The van der Waals surface area contributed by atoms with E-state index >= 15 is 0 Å². The van der Waals surface area contributed by atoms with Crippen molar-refractivity contribution in [2.24, 2.45) is 4.99 Å². The maximum Gasteiger partial charge on any atom is 0.221 e. The Bertz CT molecular complexity index is 191. The molecule has 0 bridgehead atoms. The van der Waals surface area contributed by atoms with Gasteiger partial charge >= 0.3 is 0 Å². The molecule has 0 radical (unpaired) electrons. The smallest absolute Gasteiger partial charge is 0.221 e. The molecule has 0 aromatic heterocycles. The third kappa shape index (κ3) is 2.54. The van der Waals surface area contributed by atoms with Gasteiger partial charge in [0.2, 0.25) is 5.91 Å². The molecule has 1 aliphatic heterocycles. The molecule has 0 saturated carbocycles. The first-order valence-electron chi connectivity index (χ1n) is 3.60. The van der Waals surface area contributed by atoms with Crippen molar-refractivity contribution >= 4 is 22.7 Å². The lowest BCUT2D eigenvalue weighted by molar-refractivity contribution is -0.120. The van der Waals surface area contributed by atoms with Crippen molar-refractivity contribution in [1.82, 2.24) is 5.32 Å². The zero-order valence-electron chi connectivity index (χ0n) is 6.76. The number of rotatable bonds is 2. The van der Waals surface area contributed by atoms with Gasteiger partial charge in [-0.1, -0.05) is 0 Å². The van der Waals surface area contributed by atoms with Crippen molar-refractivity contribution < 1.29 is 4.79 Å². The van der Waals surface area contributed by atoms with Gasteiger partial charge in [-0.3, -0.25) is 9.79 Å². The van der Waals surface area contributed by atoms with E-state index in [2.05, 4.69) is 10.3 Å². The molecule has 11 heavy (non-hydrogen) atoms. The van der Waals surface area contributed by atoms with Gasteiger partial charge < -0.3 is 5.32 Å². The minimum atomic E-state index is 0.0778. The molecule has 0 fully saturated rings. The van der Waals surface area contributed by atoms with E-state index in [0.29, 0.717) is 6.42 Å². The zero-order valence-corrected chi connectivity index (χ0v) is 7.57. The highest BCUT2D eigenvalue weighted by Crippen LogP contribution is 2.19. The van der Waals surface area contributed by atoms with Crippen molar-refractivity contribution in [3.05, 3.63) is 0 Å². The fraction of sp³-hybridized carbons (Fsp3) is 0.714. The van der Waals surface area contributed by atoms with Gasteiger partial charge in [0.25, 0.3) is 0 Å². The van der Waals surface area contributed by atoms with Gasteiger partial charge in [-0.05, 0) is 6.92 Å². The van der Waals surface area contributed by atoms with E-state index < -0.39 is 0 Å². The molecule has 4 heteroatoms. The SMILES string of the molecule is CNC(=O)CC1CSC(C)=N1. The van der Waals surface area contributed by atoms with Crippen molar-refractivity contribution in [2.45, 2.75) is 19.4 Å². The van der Waals surface area contributed by atoms with Crippen LogP contribution in [-0.2, 0) is 4.79 Å². The van der Waals surface area contributed by atoms with Crippen LogP contribution in [0.4, 0.5) is 0 Å². The number of hydrogen-bond acceptors (Lipinski definition) is 3. The predicted molar refractivity (Wildman–Crippen MR) is 48.0 cm³/mol. The average Bonchev–Trinajstić information content (AvgIpc) is 2.35. The van der Waals surface area contributed by atoms with Gasteiger partial charge in [0.15, 0.2) is 0 Å². The molecule has 1 N–H and O–H groups in total. The number of carbonyl (C=O) groups excluding carboxylic acids is 1. The predicted octanol–water partition coefficient (Wildman–Crippen LogP) is 0.656. The molecule has 1 heterocycles. The minimum absolute atomic E-state index is 0.0778. The van der Waals surface area contributed by atoms with E-state index in [1.165, 1.54) is 0 Å². The van der Waals surface area contributed by atoms with Crippen LogP contribution in [0.25, 0.3) is 0 Å². The monoisotopic (exact) mass is 172 g/mol. The van der Waals surface area contributed by atoms with Crippen LogP contribution < -0.4 is 5.32 Å². The maximum atomic E-state index is 10.9. The number of nitrogens with one attached hydrogen (secondary N) is 1. The molecular formula is C7H12N2OS. The van der Waals surface area contributed by atoms with E-state index in [1.54, 1.807) is 18.8 Å². The van der Waals surface area contributed by atoms with Gasteiger partial charge in [0.1, 0.15) is 0 Å². The molecule has 1 atom stereocenters. The van der Waals surface area contributed by atoms with Crippen molar-refractivity contribution in [1.29, 1.82) is 0 Å². The average molecular weight is 172 g/mol. The molecule has 1 rings (SSSR count). The highest BCUT2D eigenvalue weighted by Gasteiger charge is 2.17. The lowest BCUT2D eigenvalue weighted by Gasteiger charge is -2.02. The number of amides is 1. The molecular weight excluding hydrogens is 160 g/mol. The largest absolute Gasteiger partial charge is 0.359 e. The topological polar surface area (TPSA) is 41.5 Å². The first-order chi connectivity index (χ1) is 5.22. The lowest BCUT2D eigenvalue weighted by Crippen LogP contribution is -2.23. The molecule has 1 amide bonds. The van der Waals surface area contributed by atoms with Crippen LogP contribution in [0, 0.1) is 0 Å². The highest BCUT2D eigenvalue weighted by atomic mass is 32.2. The summed E-state index contributed by atoms with van der Waals surface area (Å²) in [5.74, 6) is 1.04. The molecule has 1 aliphatic rings. The normalized spacial score (nSPS) is 23.1. The van der Waals surface area contributed by atoms with Crippen LogP contribution in [0.3, 0.4) is 0 Å². The molecule has 0 saturated heterocycles. The summed E-state index contributed by atoms with van der Waals surface area (Å²) in [6, 6.07) is 0.208. The summed E-state index contributed by atoms with van der Waals surface area (Å²) in [6.07, 6.45) is 0.529. The first-order valence-corrected chi connectivity index (χ1v) is 4.58. The van der Waals surface area contributed by atoms with Gasteiger partial charge in [-0.15, -0.1) is 11.8 Å². The third-order valence-corrected chi connectivity index (χ3v) is 2.62. The zero-order chi connectivity index (χ0) is 8.27. The van der Waals surface area contributed by atoms with Crippen LogP contribution in [0.1, 0.15) is 13.3 Å². The van der Waals surface area contributed by atoms with E-state index in [4.69, 9.17) is 0 Å². The van der Waals surface area contributed by atoms with Crippen LogP contribution >= 0.6 is 11.8 Å². The second-order valence-corrected chi connectivity index (χ2v) is 3.70. The summed E-state index contributed by atoms with van der Waals surface area (Å²) in [6.45, 7) is 1.98. The van der Waals surface area contributed by atoms with Crippen LogP contribution in [0.5, 0.6) is 0 Å². The quantitative estimate of drug-likeness (QED) is 0.664. The van der Waals surface area contributed by atoms with Gasteiger partial charge in [-0.25, -0.2) is 0 Å². The van der Waals surface area contributed by atoms with Crippen LogP contribution in [-0.4, -0.2) is 29.8 Å². The Morgan fingerprint density at radius 3 is 3.09 bits per heavy atom. The van der Waals surface area contributed by atoms with E-state index in [1.807, 2.05) is 6.92 Å². The summed E-state index contributed by atoms with van der Waals surface area (Å²) in [5, 5.41) is 3.69. The fourth-order valence-corrected chi connectivity index (χ4v) is 1.82. The van der Waals surface area contributed by atoms with Crippen LogP contribution in [0.15, 0.2) is 4.99 Å². The van der Waals surface area contributed by atoms with Gasteiger partial charge in [0, 0.05) is 19.2 Å². The van der Waals surface area contributed by atoms with Crippen molar-refractivity contribution in [3.8, 4) is 0 Å². The Kier molecular flexibility index (Phi) is 2.93. The third-order valence-electron chi connectivity index (χ3n) is 1.55. The van der Waals surface area contributed by atoms with Crippen molar-refractivity contribution in [3.63, 3.8) is 0 Å². The summed E-state index contributed by atoms with van der Waals surface area (Å²) < 4.78 is 0. The van der Waals surface area contributed by atoms with Gasteiger partial charge in [-0.2, -0.15) is 0 Å². The number of nitrogens with zero attached hydrogens (tertiary/aromatic N) is 1. The fourth-order valence-electron chi connectivity index (χ4n) is 0.969. The van der Waals surface area contributed by atoms with Crippen molar-refractivity contribution in [2.75, 3.05) is 12.8 Å². The summed E-state index contributed by atoms with van der Waals surface area (Å²) in [5.41, 5.74) is 0. The number of hydrogen-bond donors (Lipinski definition) is 1. The molecule has 0 aromatic rings. The molecule has 3 nitrogen and oxygen atoms in total. The molecule has 0 aromatic carbocycles. The van der Waals surface area contributed by atoms with E-state index in [0.717, 1.165) is 10.8 Å². The Labute approximate surface area is 70.7 Å². The summed E-state index contributed by atoms with van der Waals surface area (Å²) in [7, 11) is 1.65. The number of thioether (sulfide) groups is 1. The standard InChI is InChI=1S/C7H12N2OS/c1-5-9-6(4-11-5)3-7(10)8-2/h6H,3-4H2,1-2H3,(H,8,10). The Hall–Kier alpha value is -0.510. The maximum absolute atomic E-state index is 10.9. The first kappa shape index (κ1) is 8.59. The summed E-state index contributed by atoms with van der Waals surface area (Å²) >= 11 is 1.73. The number of aliphatic imine (C=N–C) groups is 1. The minimum Gasteiger partial charge on any atom is -0.359 e. The van der Waals surface area contributed by atoms with E-state index in [-0.39, 0.29) is 11.9 Å².